The maximum atomic E-state index is 13.1. The van der Waals surface area contributed by atoms with Gasteiger partial charge in [-0.3, -0.25) is 4.84 Å². The summed E-state index contributed by atoms with van der Waals surface area (Å²) in [6.07, 6.45) is -1.90. The van der Waals surface area contributed by atoms with Crippen molar-refractivity contribution in [2.75, 3.05) is 33.6 Å². The highest BCUT2D eigenvalue weighted by molar-refractivity contribution is 7.93. The number of sulfone groups is 1. The zero-order chi connectivity index (χ0) is 23.3. The van der Waals surface area contributed by atoms with Crippen LogP contribution in [0.25, 0.3) is 0 Å². The number of hydroxylamine groups is 1. The Balaban J connectivity index is 3.47. The van der Waals surface area contributed by atoms with Crippen molar-refractivity contribution in [3.05, 3.63) is 24.3 Å². The van der Waals surface area contributed by atoms with Gasteiger partial charge in [-0.2, -0.15) is 8.42 Å². The van der Waals surface area contributed by atoms with Crippen LogP contribution in [0.15, 0.2) is 34.1 Å². The number of ether oxygens (including phenoxy) is 2. The van der Waals surface area contributed by atoms with E-state index in [1.54, 1.807) is 0 Å². The maximum absolute atomic E-state index is 13.1. The molecule has 0 unspecified atom stereocenters. The van der Waals surface area contributed by atoms with Gasteiger partial charge in [0.25, 0.3) is 0 Å². The summed E-state index contributed by atoms with van der Waals surface area (Å²) in [5, 5.41) is 0. The molecule has 0 aliphatic heterocycles. The van der Waals surface area contributed by atoms with Gasteiger partial charge >= 0.3 is 22.2 Å². The molecule has 0 fully saturated rings. The van der Waals surface area contributed by atoms with Crippen LogP contribution in [0.5, 0.6) is 0 Å². The van der Waals surface area contributed by atoms with Gasteiger partial charge in [-0.1, -0.05) is 12.1 Å². The molecule has 0 saturated carbocycles. The van der Waals surface area contributed by atoms with Crippen molar-refractivity contribution in [2.45, 2.75) is 36.2 Å². The number of methoxy groups -OCH3 is 1. The Hall–Kier alpha value is -2.38. The van der Waals surface area contributed by atoms with Gasteiger partial charge in [0.05, 0.1) is 11.5 Å². The van der Waals surface area contributed by atoms with Crippen LogP contribution in [-0.2, 0) is 34.2 Å². The average molecular weight is 467 g/mol. The van der Waals surface area contributed by atoms with Gasteiger partial charge in [0.15, 0.2) is 9.84 Å². The van der Waals surface area contributed by atoms with Crippen LogP contribution in [0.4, 0.5) is 9.59 Å². The van der Waals surface area contributed by atoms with Crippen LogP contribution in [0.1, 0.15) is 20.8 Å². The molecule has 0 aliphatic carbocycles. The van der Waals surface area contributed by atoms with E-state index in [1.165, 1.54) is 47.1 Å². The molecule has 11 nitrogen and oxygen atoms in total. The quantitative estimate of drug-likeness (QED) is 0.573. The van der Waals surface area contributed by atoms with E-state index in [4.69, 9.17) is 14.3 Å². The molecule has 2 amide bonds. The van der Waals surface area contributed by atoms with E-state index in [9.17, 15) is 26.4 Å². The number of rotatable bonds is 6. The number of benzene rings is 1. The third-order valence-corrected chi connectivity index (χ3v) is 6.25. The second-order valence-corrected chi connectivity index (χ2v) is 10.9. The number of carbonyl (C=O) groups is 2. The van der Waals surface area contributed by atoms with E-state index in [0.29, 0.717) is 0 Å². The first-order valence-corrected chi connectivity index (χ1v) is 11.9. The van der Waals surface area contributed by atoms with Crippen molar-refractivity contribution in [3.8, 4) is 0 Å². The lowest BCUT2D eigenvalue weighted by Crippen LogP contribution is -2.45. The predicted molar refractivity (Wildman–Crippen MR) is 106 cm³/mol. The largest absolute Gasteiger partial charge is 0.459 e. The first kappa shape index (κ1) is 25.7. The molecular formula is C17H26N2O9S2. The number of hydrogen-bond donors (Lipinski definition) is 0. The van der Waals surface area contributed by atoms with Gasteiger partial charge in [0.2, 0.25) is 0 Å². The summed E-state index contributed by atoms with van der Waals surface area (Å²) < 4.78 is 60.0. The minimum atomic E-state index is -4.96. The summed E-state index contributed by atoms with van der Waals surface area (Å²) in [6, 6.07) is 4.62. The number of hydrogen-bond acceptors (Lipinski definition) is 9. The highest BCUT2D eigenvalue weighted by atomic mass is 32.2. The molecule has 0 aliphatic rings. The van der Waals surface area contributed by atoms with Crippen molar-refractivity contribution < 1.29 is 40.7 Å². The van der Waals surface area contributed by atoms with Gasteiger partial charge in [-0.05, 0) is 37.4 Å². The second-order valence-electron chi connectivity index (χ2n) is 7.20. The van der Waals surface area contributed by atoms with Crippen LogP contribution in [0, 0.1) is 0 Å². The Labute approximate surface area is 176 Å². The van der Waals surface area contributed by atoms with Crippen molar-refractivity contribution in [2.24, 2.45) is 0 Å². The SMILES string of the molecule is COCCN(C)C(=O)ON(C(=O)OC(C)(C)C)S(=O)(=O)c1ccccc1S(C)(=O)=O. The first-order chi connectivity index (χ1) is 13.6. The van der Waals surface area contributed by atoms with Crippen LogP contribution < -0.4 is 0 Å². The van der Waals surface area contributed by atoms with Gasteiger partial charge in [0.1, 0.15) is 10.5 Å². The van der Waals surface area contributed by atoms with E-state index < -0.39 is 47.4 Å². The van der Waals surface area contributed by atoms with E-state index in [2.05, 4.69) is 0 Å². The number of sulfonamides is 1. The molecule has 0 bridgehead atoms. The molecule has 0 heterocycles. The Kier molecular flexibility index (Phi) is 8.23. The van der Waals surface area contributed by atoms with Crippen LogP contribution in [0.2, 0.25) is 0 Å². The average Bonchev–Trinajstić information content (AvgIpc) is 2.61. The highest BCUT2D eigenvalue weighted by Gasteiger charge is 2.40. The molecule has 0 aromatic heterocycles. The molecule has 0 saturated heterocycles. The Bertz CT molecular complexity index is 983. The van der Waals surface area contributed by atoms with Crippen LogP contribution in [0.3, 0.4) is 0 Å². The minimum Gasteiger partial charge on any atom is -0.441 e. The Morgan fingerprint density at radius 3 is 2.00 bits per heavy atom. The van der Waals surface area contributed by atoms with Crippen molar-refractivity contribution in [1.29, 1.82) is 0 Å². The molecule has 1 aromatic carbocycles. The molecule has 0 spiro atoms. The Morgan fingerprint density at radius 1 is 1.00 bits per heavy atom. The van der Waals surface area contributed by atoms with E-state index in [-0.39, 0.29) is 17.6 Å². The topological polar surface area (TPSA) is 137 Å². The zero-order valence-electron chi connectivity index (χ0n) is 17.6. The van der Waals surface area contributed by atoms with E-state index in [1.807, 2.05) is 0 Å². The summed E-state index contributed by atoms with van der Waals surface area (Å²) in [7, 11) is -6.25. The molecule has 0 N–H and O–H groups in total. The van der Waals surface area contributed by atoms with Gasteiger partial charge < -0.3 is 14.4 Å². The molecule has 170 valence electrons. The smallest absolute Gasteiger partial charge is 0.441 e. The first-order valence-electron chi connectivity index (χ1n) is 8.60. The number of carbonyl (C=O) groups excluding carboxylic acids is 2. The summed E-state index contributed by atoms with van der Waals surface area (Å²) in [4.78, 5) is 29.3. The summed E-state index contributed by atoms with van der Waals surface area (Å²) in [5.74, 6) is 0. The van der Waals surface area contributed by atoms with Crippen molar-refractivity contribution >= 4 is 32.0 Å². The van der Waals surface area contributed by atoms with E-state index in [0.717, 1.165) is 23.3 Å². The standard InChI is InChI=1S/C17H26N2O9S2/c1-17(2,3)27-16(21)19(28-15(20)18(4)11-12-26-5)30(24,25)14-10-8-7-9-13(14)29(6,22)23/h7-10H,11-12H2,1-6H3. The molecule has 13 heteroatoms. The third kappa shape index (κ3) is 6.85. The second kappa shape index (κ2) is 9.62. The monoisotopic (exact) mass is 466 g/mol. The summed E-state index contributed by atoms with van der Waals surface area (Å²) >= 11 is 0. The number of nitrogens with zero attached hydrogens (tertiary/aromatic N) is 2. The fraction of sp³-hybridized carbons (Fsp3) is 0.529. The lowest BCUT2D eigenvalue weighted by atomic mass is 10.2. The fourth-order valence-electron chi connectivity index (χ4n) is 2.00. The zero-order valence-corrected chi connectivity index (χ0v) is 19.2. The molecule has 0 atom stereocenters. The lowest BCUT2D eigenvalue weighted by molar-refractivity contribution is -0.0568. The predicted octanol–water partition coefficient (Wildman–Crippen LogP) is 1.65. The van der Waals surface area contributed by atoms with Gasteiger partial charge in [0, 0.05) is 27.0 Å². The molecule has 30 heavy (non-hydrogen) atoms. The third-order valence-electron chi connectivity index (χ3n) is 3.39. The summed E-state index contributed by atoms with van der Waals surface area (Å²) in [5.41, 5.74) is -1.13. The van der Waals surface area contributed by atoms with Crippen molar-refractivity contribution in [1.82, 2.24) is 9.37 Å². The Morgan fingerprint density at radius 2 is 1.53 bits per heavy atom. The fourth-order valence-corrected chi connectivity index (χ4v) is 4.68. The van der Waals surface area contributed by atoms with Crippen LogP contribution >= 0.6 is 0 Å². The normalized spacial score (nSPS) is 12.2. The highest BCUT2D eigenvalue weighted by Crippen LogP contribution is 2.26. The number of likely N-dealkylation sites (N-methyl/N-ethyl adjacent to an activating group) is 1. The maximum Gasteiger partial charge on any atom is 0.459 e. The summed E-state index contributed by atoms with van der Waals surface area (Å²) in [6.45, 7) is 4.60. The minimum absolute atomic E-state index is 0.0392. The van der Waals surface area contributed by atoms with E-state index >= 15 is 0 Å². The van der Waals surface area contributed by atoms with Gasteiger partial charge in [-0.25, -0.2) is 18.0 Å². The van der Waals surface area contributed by atoms with Crippen molar-refractivity contribution in [3.63, 3.8) is 0 Å². The molecular weight excluding hydrogens is 440 g/mol. The lowest BCUT2D eigenvalue weighted by Gasteiger charge is -2.27. The van der Waals surface area contributed by atoms with Crippen LogP contribution in [-0.4, -0.2) is 77.6 Å². The molecule has 1 rings (SSSR count). The molecule has 0 radical (unpaired) electrons. The van der Waals surface area contributed by atoms with Gasteiger partial charge in [-0.15, -0.1) is 0 Å². The number of amides is 2. The molecule has 1 aromatic rings.